The first-order valence-electron chi connectivity index (χ1n) is 12.1. The van der Waals surface area contributed by atoms with Crippen molar-refractivity contribution >= 4 is 22.4 Å². The lowest BCUT2D eigenvalue weighted by molar-refractivity contribution is 0.0876. The lowest BCUT2D eigenvalue weighted by Gasteiger charge is -2.45. The smallest absolute Gasteiger partial charge is 0.211 e. The molecule has 0 radical (unpaired) electrons. The number of fused-ring (bicyclic) bond motifs is 1. The van der Waals surface area contributed by atoms with Gasteiger partial charge in [0.25, 0.3) is 0 Å². The number of likely N-dealkylation sites (tertiary alicyclic amines) is 1. The van der Waals surface area contributed by atoms with Crippen LogP contribution in [-0.2, 0) is 22.9 Å². The van der Waals surface area contributed by atoms with Gasteiger partial charge in [-0.3, -0.25) is 4.90 Å². The number of hydrogen-bond acceptors (Lipinski definition) is 4. The largest absolute Gasteiger partial charge is 0.492 e. The molecule has 33 heavy (non-hydrogen) atoms. The Labute approximate surface area is 204 Å². The summed E-state index contributed by atoms with van der Waals surface area (Å²) in [6, 6.07) is 17.9. The maximum atomic E-state index is 12.1. The lowest BCUT2D eigenvalue weighted by atomic mass is 9.75. The molecule has 2 aromatic carbocycles. The van der Waals surface area contributed by atoms with Crippen molar-refractivity contribution in [2.75, 3.05) is 32.0 Å². The van der Waals surface area contributed by atoms with Crippen molar-refractivity contribution in [2.24, 2.45) is 5.92 Å². The quantitative estimate of drug-likeness (QED) is 0.508. The van der Waals surface area contributed by atoms with E-state index in [1.165, 1.54) is 42.6 Å². The highest BCUT2D eigenvalue weighted by molar-refractivity contribution is 7.89. The molecule has 180 valence electrons. The van der Waals surface area contributed by atoms with E-state index in [2.05, 4.69) is 52.1 Å². The number of halogens is 1. The molecule has 2 aliphatic carbocycles. The summed E-state index contributed by atoms with van der Waals surface area (Å²) < 4.78 is 32.8. The van der Waals surface area contributed by atoms with E-state index in [0.717, 1.165) is 31.4 Å². The maximum Gasteiger partial charge on any atom is 0.211 e. The second-order valence-corrected chi connectivity index (χ2v) is 11.5. The predicted molar refractivity (Wildman–Crippen MR) is 135 cm³/mol. The van der Waals surface area contributed by atoms with Crippen LogP contribution in [0.1, 0.15) is 48.3 Å². The summed E-state index contributed by atoms with van der Waals surface area (Å²) in [6.45, 7) is 3.09. The summed E-state index contributed by atoms with van der Waals surface area (Å²) in [5, 5.41) is 0. The predicted octanol–water partition coefficient (Wildman–Crippen LogP) is 4.16. The van der Waals surface area contributed by atoms with Crippen LogP contribution in [0, 0.1) is 5.92 Å². The lowest BCUT2D eigenvalue weighted by Crippen LogP contribution is -2.49. The van der Waals surface area contributed by atoms with Gasteiger partial charge >= 0.3 is 0 Å². The summed E-state index contributed by atoms with van der Waals surface area (Å²) in [5.41, 5.74) is 4.22. The third kappa shape index (κ3) is 6.30. The first kappa shape index (κ1) is 24.5. The third-order valence-corrected chi connectivity index (χ3v) is 8.75. The van der Waals surface area contributed by atoms with Crippen LogP contribution in [0.2, 0.25) is 0 Å². The van der Waals surface area contributed by atoms with Gasteiger partial charge in [-0.2, -0.15) is 0 Å². The minimum atomic E-state index is -3.18. The molecule has 2 fully saturated rings. The van der Waals surface area contributed by atoms with Gasteiger partial charge in [0, 0.05) is 18.5 Å². The minimum Gasteiger partial charge on any atom is -0.492 e. The molecule has 2 aromatic rings. The summed E-state index contributed by atoms with van der Waals surface area (Å²) in [6.07, 6.45) is 6.75. The van der Waals surface area contributed by atoms with E-state index < -0.39 is 10.0 Å². The van der Waals surface area contributed by atoms with Crippen molar-refractivity contribution in [1.29, 1.82) is 0 Å². The number of rotatable bonds is 10. The van der Waals surface area contributed by atoms with Crippen molar-refractivity contribution in [3.63, 3.8) is 0 Å². The Balaban J connectivity index is 0.00000259. The summed E-state index contributed by atoms with van der Waals surface area (Å²) >= 11 is 0. The van der Waals surface area contributed by atoms with E-state index in [1.54, 1.807) is 0 Å². The Morgan fingerprint density at radius 2 is 1.82 bits per heavy atom. The van der Waals surface area contributed by atoms with Gasteiger partial charge < -0.3 is 4.74 Å². The molecule has 3 aliphatic rings. The Hall–Kier alpha value is -1.60. The number of benzene rings is 2. The monoisotopic (exact) mass is 490 g/mol. The first-order valence-corrected chi connectivity index (χ1v) is 13.7. The highest BCUT2D eigenvalue weighted by Gasteiger charge is 2.36. The summed E-state index contributed by atoms with van der Waals surface area (Å²) in [5.74, 6) is 1.91. The number of hydrogen-bond donors (Lipinski definition) is 1. The van der Waals surface area contributed by atoms with Crippen molar-refractivity contribution < 1.29 is 13.2 Å². The zero-order chi connectivity index (χ0) is 22.0. The number of nitrogens with zero attached hydrogens (tertiary/aromatic N) is 1. The molecule has 5 rings (SSSR count). The SMILES string of the molecule is Cl.O=S(=O)(CC1CC1)NCCOc1ccc2c(c1)C(Cc1ccccc1)C(N1CCC1)CC2. The molecular formula is C26H35ClN2O3S. The molecule has 1 saturated heterocycles. The molecule has 0 aromatic heterocycles. The van der Waals surface area contributed by atoms with Gasteiger partial charge in [-0.15, -0.1) is 12.4 Å². The number of aryl methyl sites for hydroxylation is 1. The van der Waals surface area contributed by atoms with Crippen LogP contribution in [0.5, 0.6) is 5.75 Å². The van der Waals surface area contributed by atoms with E-state index in [9.17, 15) is 8.42 Å². The number of ether oxygens (including phenoxy) is 1. The molecular weight excluding hydrogens is 456 g/mol. The molecule has 1 saturated carbocycles. The molecule has 5 nitrogen and oxygen atoms in total. The average molecular weight is 491 g/mol. The fourth-order valence-corrected chi connectivity index (χ4v) is 6.66. The number of nitrogens with one attached hydrogen (secondary N) is 1. The topological polar surface area (TPSA) is 58.6 Å². The molecule has 0 amide bonds. The van der Waals surface area contributed by atoms with Crippen LogP contribution in [0.15, 0.2) is 48.5 Å². The Kier molecular flexibility index (Phi) is 8.00. The van der Waals surface area contributed by atoms with Crippen molar-refractivity contribution in [1.82, 2.24) is 9.62 Å². The molecule has 1 aliphatic heterocycles. The molecule has 0 spiro atoms. The second-order valence-electron chi connectivity index (χ2n) is 9.62. The average Bonchev–Trinajstić information content (AvgIpc) is 3.55. The first-order chi connectivity index (χ1) is 15.6. The number of sulfonamides is 1. The highest BCUT2D eigenvalue weighted by atomic mass is 35.5. The van der Waals surface area contributed by atoms with Gasteiger partial charge in [0.2, 0.25) is 10.0 Å². The van der Waals surface area contributed by atoms with E-state index in [4.69, 9.17) is 4.74 Å². The summed E-state index contributed by atoms with van der Waals surface area (Å²) in [4.78, 5) is 2.65. The Bertz CT molecular complexity index is 1020. The Morgan fingerprint density at radius 1 is 1.03 bits per heavy atom. The van der Waals surface area contributed by atoms with E-state index in [1.807, 2.05) is 6.07 Å². The van der Waals surface area contributed by atoms with Crippen LogP contribution in [0.3, 0.4) is 0 Å². The van der Waals surface area contributed by atoms with E-state index >= 15 is 0 Å². The molecule has 2 atom stereocenters. The fourth-order valence-electron chi connectivity index (χ4n) is 5.19. The molecule has 7 heteroatoms. The third-order valence-electron chi connectivity index (χ3n) is 7.19. The van der Waals surface area contributed by atoms with Gasteiger partial charge in [-0.05, 0) is 86.4 Å². The normalized spacial score (nSPS) is 22.7. The van der Waals surface area contributed by atoms with Gasteiger partial charge in [-0.1, -0.05) is 36.4 Å². The van der Waals surface area contributed by atoms with Gasteiger partial charge in [-0.25, -0.2) is 13.1 Å². The zero-order valence-corrected chi connectivity index (χ0v) is 20.8. The van der Waals surface area contributed by atoms with Crippen LogP contribution < -0.4 is 9.46 Å². The molecule has 0 bridgehead atoms. The minimum absolute atomic E-state index is 0. The van der Waals surface area contributed by atoms with Crippen LogP contribution in [-0.4, -0.2) is 51.4 Å². The van der Waals surface area contributed by atoms with Crippen molar-refractivity contribution in [3.8, 4) is 5.75 Å². The van der Waals surface area contributed by atoms with Gasteiger partial charge in [0.1, 0.15) is 12.4 Å². The van der Waals surface area contributed by atoms with Crippen LogP contribution in [0.4, 0.5) is 0 Å². The van der Waals surface area contributed by atoms with Crippen molar-refractivity contribution in [3.05, 3.63) is 65.2 Å². The van der Waals surface area contributed by atoms with E-state index in [0.29, 0.717) is 31.0 Å². The highest BCUT2D eigenvalue weighted by Crippen LogP contribution is 2.40. The standard InChI is InChI=1S/C26H34N2O3S.ClH/c29-32(30,19-21-7-8-21)27-13-16-31-23-11-9-22-10-12-26(28-14-4-15-28)25(24(22)18-23)17-20-5-2-1-3-6-20;/h1-3,5-6,9,11,18,21,25-27H,4,7-8,10,12-17,19H2;1H. The molecule has 2 unspecified atom stereocenters. The van der Waals surface area contributed by atoms with Crippen molar-refractivity contribution in [2.45, 2.75) is 50.5 Å². The second kappa shape index (κ2) is 10.8. The molecule has 1 heterocycles. The maximum absolute atomic E-state index is 12.1. The summed E-state index contributed by atoms with van der Waals surface area (Å²) in [7, 11) is -3.18. The van der Waals surface area contributed by atoms with E-state index in [-0.39, 0.29) is 18.2 Å². The van der Waals surface area contributed by atoms with Crippen LogP contribution >= 0.6 is 12.4 Å². The van der Waals surface area contributed by atoms with Crippen LogP contribution in [0.25, 0.3) is 0 Å². The Morgan fingerprint density at radius 3 is 2.52 bits per heavy atom. The zero-order valence-electron chi connectivity index (χ0n) is 19.1. The van der Waals surface area contributed by atoms with Gasteiger partial charge in [0.05, 0.1) is 5.75 Å². The molecule has 1 N–H and O–H groups in total. The van der Waals surface area contributed by atoms with Gasteiger partial charge in [0.15, 0.2) is 0 Å². The fraction of sp³-hybridized carbons (Fsp3) is 0.538.